The zero-order valence-electron chi connectivity index (χ0n) is 14.4. The summed E-state index contributed by atoms with van der Waals surface area (Å²) in [6, 6.07) is 6.02. The van der Waals surface area contributed by atoms with Crippen molar-refractivity contribution in [1.82, 2.24) is 19.9 Å². The Labute approximate surface area is 141 Å². The van der Waals surface area contributed by atoms with E-state index in [0.29, 0.717) is 30.7 Å². The SMILES string of the molecule is C[C@@H](c1nc(N)nc(N(C)C)n1)N(C)CCOc1cccc(F)c1. The number of nitrogens with zero attached hydrogens (tertiary/aromatic N) is 5. The summed E-state index contributed by atoms with van der Waals surface area (Å²) >= 11 is 0. The van der Waals surface area contributed by atoms with Crippen molar-refractivity contribution in [3.05, 3.63) is 35.9 Å². The van der Waals surface area contributed by atoms with Gasteiger partial charge in [-0.15, -0.1) is 0 Å². The molecule has 24 heavy (non-hydrogen) atoms. The van der Waals surface area contributed by atoms with E-state index in [0.717, 1.165) is 0 Å². The molecular formula is C16H23FN6O. The van der Waals surface area contributed by atoms with E-state index < -0.39 is 0 Å². The molecule has 2 rings (SSSR count). The first-order chi connectivity index (χ1) is 11.4. The molecule has 1 aromatic carbocycles. The van der Waals surface area contributed by atoms with Gasteiger partial charge in [0.05, 0.1) is 6.04 Å². The van der Waals surface area contributed by atoms with Gasteiger partial charge in [0, 0.05) is 26.7 Å². The standard InChI is InChI=1S/C16H23FN6O/c1-11(14-19-15(18)21-16(20-14)22(2)3)23(4)8-9-24-13-7-5-6-12(17)10-13/h5-7,10-11H,8-9H2,1-4H3,(H2,18,19,20,21)/t11-/m0/s1. The number of halogens is 1. The third-order valence-electron chi connectivity index (χ3n) is 3.60. The first kappa shape index (κ1) is 17.9. The number of aromatic nitrogens is 3. The molecule has 0 aliphatic heterocycles. The topological polar surface area (TPSA) is 80.4 Å². The molecule has 7 nitrogen and oxygen atoms in total. The van der Waals surface area contributed by atoms with Gasteiger partial charge in [0.15, 0.2) is 5.82 Å². The van der Waals surface area contributed by atoms with Gasteiger partial charge < -0.3 is 15.4 Å². The van der Waals surface area contributed by atoms with Crippen molar-refractivity contribution in [2.24, 2.45) is 0 Å². The number of nitrogen functional groups attached to an aromatic ring is 1. The number of likely N-dealkylation sites (N-methyl/N-ethyl adjacent to an activating group) is 1. The van der Waals surface area contributed by atoms with Crippen LogP contribution < -0.4 is 15.4 Å². The Morgan fingerprint density at radius 3 is 2.62 bits per heavy atom. The predicted molar refractivity (Wildman–Crippen MR) is 91.5 cm³/mol. The normalized spacial score (nSPS) is 12.2. The van der Waals surface area contributed by atoms with Crippen molar-refractivity contribution < 1.29 is 9.13 Å². The monoisotopic (exact) mass is 334 g/mol. The predicted octanol–water partition coefficient (Wildman–Crippen LogP) is 1.73. The lowest BCUT2D eigenvalue weighted by atomic mass is 10.3. The van der Waals surface area contributed by atoms with Gasteiger partial charge >= 0.3 is 0 Å². The minimum atomic E-state index is -0.314. The minimum Gasteiger partial charge on any atom is -0.492 e. The first-order valence-electron chi connectivity index (χ1n) is 7.64. The van der Waals surface area contributed by atoms with Crippen LogP contribution in [0.5, 0.6) is 5.75 Å². The zero-order valence-corrected chi connectivity index (χ0v) is 14.4. The van der Waals surface area contributed by atoms with Crippen LogP contribution in [0.1, 0.15) is 18.8 Å². The van der Waals surface area contributed by atoms with Crippen molar-refractivity contribution in [1.29, 1.82) is 0 Å². The number of nitrogens with two attached hydrogens (primary N) is 1. The quantitative estimate of drug-likeness (QED) is 0.826. The van der Waals surface area contributed by atoms with E-state index in [-0.39, 0.29) is 17.8 Å². The van der Waals surface area contributed by atoms with Crippen LogP contribution in [0, 0.1) is 5.82 Å². The lowest BCUT2D eigenvalue weighted by Gasteiger charge is -2.24. The molecule has 0 amide bonds. The largest absolute Gasteiger partial charge is 0.492 e. The van der Waals surface area contributed by atoms with Crippen molar-refractivity contribution in [2.75, 3.05) is 44.9 Å². The van der Waals surface area contributed by atoms with Gasteiger partial charge in [-0.2, -0.15) is 15.0 Å². The molecule has 0 aliphatic carbocycles. The molecule has 0 aliphatic rings. The second-order valence-electron chi connectivity index (χ2n) is 5.71. The molecule has 1 aromatic heterocycles. The van der Waals surface area contributed by atoms with Gasteiger partial charge in [-0.3, -0.25) is 4.90 Å². The molecule has 1 heterocycles. The smallest absolute Gasteiger partial charge is 0.229 e. The van der Waals surface area contributed by atoms with Crippen molar-refractivity contribution >= 4 is 11.9 Å². The fourth-order valence-electron chi connectivity index (χ4n) is 2.04. The summed E-state index contributed by atoms with van der Waals surface area (Å²) in [6.07, 6.45) is 0. The lowest BCUT2D eigenvalue weighted by molar-refractivity contribution is 0.195. The van der Waals surface area contributed by atoms with E-state index in [4.69, 9.17) is 10.5 Å². The molecule has 0 fully saturated rings. The first-order valence-corrected chi connectivity index (χ1v) is 7.64. The highest BCUT2D eigenvalue weighted by Gasteiger charge is 2.17. The summed E-state index contributed by atoms with van der Waals surface area (Å²) in [5.74, 6) is 1.51. The summed E-state index contributed by atoms with van der Waals surface area (Å²) < 4.78 is 18.7. The number of ether oxygens (including phenoxy) is 1. The van der Waals surface area contributed by atoms with Crippen molar-refractivity contribution in [3.8, 4) is 5.75 Å². The van der Waals surface area contributed by atoms with Crippen LogP contribution >= 0.6 is 0 Å². The molecule has 0 radical (unpaired) electrons. The van der Waals surface area contributed by atoms with E-state index in [1.165, 1.54) is 12.1 Å². The zero-order chi connectivity index (χ0) is 17.7. The van der Waals surface area contributed by atoms with E-state index >= 15 is 0 Å². The Kier molecular flexibility index (Phi) is 5.86. The molecule has 0 saturated carbocycles. The fourth-order valence-corrected chi connectivity index (χ4v) is 2.04. The van der Waals surface area contributed by atoms with Gasteiger partial charge in [0.2, 0.25) is 11.9 Å². The Morgan fingerprint density at radius 2 is 1.96 bits per heavy atom. The van der Waals surface area contributed by atoms with Crippen LogP contribution in [0.2, 0.25) is 0 Å². The summed E-state index contributed by atoms with van der Waals surface area (Å²) in [7, 11) is 5.63. The maximum Gasteiger partial charge on any atom is 0.229 e. The second-order valence-corrected chi connectivity index (χ2v) is 5.71. The van der Waals surface area contributed by atoms with Crippen LogP contribution in [0.25, 0.3) is 0 Å². The minimum absolute atomic E-state index is 0.0647. The molecule has 2 N–H and O–H groups in total. The Bertz CT molecular complexity index is 681. The van der Waals surface area contributed by atoms with E-state index in [1.54, 1.807) is 17.0 Å². The lowest BCUT2D eigenvalue weighted by Crippen LogP contribution is -2.29. The molecule has 8 heteroatoms. The van der Waals surface area contributed by atoms with Gasteiger partial charge in [0.25, 0.3) is 0 Å². The third kappa shape index (κ3) is 4.76. The van der Waals surface area contributed by atoms with E-state index in [2.05, 4.69) is 15.0 Å². The highest BCUT2D eigenvalue weighted by atomic mass is 19.1. The Hall–Kier alpha value is -2.48. The van der Waals surface area contributed by atoms with Gasteiger partial charge in [-0.1, -0.05) is 6.07 Å². The number of rotatable bonds is 7. The van der Waals surface area contributed by atoms with Crippen LogP contribution in [-0.4, -0.2) is 54.1 Å². The second kappa shape index (κ2) is 7.87. The maximum atomic E-state index is 13.1. The van der Waals surface area contributed by atoms with Gasteiger partial charge in [-0.05, 0) is 26.1 Å². The molecule has 0 spiro atoms. The van der Waals surface area contributed by atoms with Crippen molar-refractivity contribution in [3.63, 3.8) is 0 Å². The number of benzene rings is 1. The van der Waals surface area contributed by atoms with Gasteiger partial charge in [-0.25, -0.2) is 4.39 Å². The molecule has 0 unspecified atom stereocenters. The Morgan fingerprint density at radius 1 is 1.21 bits per heavy atom. The van der Waals surface area contributed by atoms with Crippen LogP contribution in [0.15, 0.2) is 24.3 Å². The molecule has 2 aromatic rings. The highest BCUT2D eigenvalue weighted by Crippen LogP contribution is 2.18. The summed E-state index contributed by atoms with van der Waals surface area (Å²) in [5, 5.41) is 0. The number of anilines is 2. The van der Waals surface area contributed by atoms with Crippen molar-refractivity contribution in [2.45, 2.75) is 13.0 Å². The molecule has 0 saturated heterocycles. The average molecular weight is 334 g/mol. The molecular weight excluding hydrogens is 311 g/mol. The number of hydrogen-bond acceptors (Lipinski definition) is 7. The fraction of sp³-hybridized carbons (Fsp3) is 0.438. The molecule has 0 bridgehead atoms. The molecule has 130 valence electrons. The maximum absolute atomic E-state index is 13.1. The Balaban J connectivity index is 1.95. The summed E-state index contributed by atoms with van der Waals surface area (Å²) in [5.41, 5.74) is 5.76. The van der Waals surface area contributed by atoms with E-state index in [1.807, 2.05) is 33.0 Å². The number of hydrogen-bond donors (Lipinski definition) is 1. The summed E-state index contributed by atoms with van der Waals surface area (Å²) in [6.45, 7) is 3.03. The van der Waals surface area contributed by atoms with Crippen LogP contribution in [0.4, 0.5) is 16.3 Å². The van der Waals surface area contributed by atoms with E-state index in [9.17, 15) is 4.39 Å². The average Bonchev–Trinajstić information content (AvgIpc) is 2.53. The van der Waals surface area contributed by atoms with Gasteiger partial charge in [0.1, 0.15) is 18.2 Å². The van der Waals surface area contributed by atoms with Crippen LogP contribution in [-0.2, 0) is 0 Å². The van der Waals surface area contributed by atoms with Crippen LogP contribution in [0.3, 0.4) is 0 Å². The highest BCUT2D eigenvalue weighted by molar-refractivity contribution is 5.33. The third-order valence-corrected chi connectivity index (χ3v) is 3.60. The summed E-state index contributed by atoms with van der Waals surface area (Å²) in [4.78, 5) is 16.5. The molecule has 1 atom stereocenters.